The highest BCUT2D eigenvalue weighted by Gasteiger charge is 2.00. The number of esters is 1. The molecule has 0 aliphatic carbocycles. The maximum Gasteiger partial charge on any atom is 0.308 e. The summed E-state index contributed by atoms with van der Waals surface area (Å²) in [5.74, 6) is 0.00400. The molecule has 4 heteroatoms. The van der Waals surface area contributed by atoms with Gasteiger partial charge in [-0.1, -0.05) is 0 Å². The lowest BCUT2D eigenvalue weighted by molar-refractivity contribution is -0.131. The molecule has 1 aromatic rings. The van der Waals surface area contributed by atoms with Crippen LogP contribution in [-0.2, 0) is 4.79 Å². The standard InChI is InChI=1S/C9H7BO3/c1-6(11)13-8-4-2-7(3-5-8)9(10)12/h2-5H,1H3. The third-order valence-electron chi connectivity index (χ3n) is 1.40. The third-order valence-corrected chi connectivity index (χ3v) is 1.40. The SMILES string of the molecule is [B]C(=O)c1ccc(OC(C)=O)cc1. The van der Waals surface area contributed by atoms with Gasteiger partial charge in [0.05, 0.1) is 0 Å². The van der Waals surface area contributed by atoms with Gasteiger partial charge in [-0.2, -0.15) is 0 Å². The molecular weight excluding hydrogens is 167 g/mol. The maximum atomic E-state index is 10.6. The van der Waals surface area contributed by atoms with Crippen molar-refractivity contribution in [2.24, 2.45) is 0 Å². The lowest BCUT2D eigenvalue weighted by atomic mass is 9.95. The third kappa shape index (κ3) is 2.74. The molecule has 0 unspecified atom stereocenters. The Morgan fingerprint density at radius 1 is 1.23 bits per heavy atom. The number of benzene rings is 1. The van der Waals surface area contributed by atoms with Gasteiger partial charge >= 0.3 is 5.97 Å². The van der Waals surface area contributed by atoms with Crippen LogP contribution in [0.3, 0.4) is 0 Å². The number of carbonyl (C=O) groups is 2. The molecule has 0 heterocycles. The first kappa shape index (κ1) is 9.51. The smallest absolute Gasteiger partial charge is 0.308 e. The molecule has 2 radical (unpaired) electrons. The molecule has 13 heavy (non-hydrogen) atoms. The Kier molecular flexibility index (Phi) is 2.85. The highest BCUT2D eigenvalue weighted by atomic mass is 16.5. The molecule has 0 N–H and O–H groups in total. The van der Waals surface area contributed by atoms with Crippen molar-refractivity contribution < 1.29 is 14.3 Å². The lowest BCUT2D eigenvalue weighted by Gasteiger charge is -2.00. The fraction of sp³-hybridized carbons (Fsp3) is 0.111. The molecule has 3 nitrogen and oxygen atoms in total. The van der Waals surface area contributed by atoms with E-state index in [1.54, 1.807) is 0 Å². The monoisotopic (exact) mass is 174 g/mol. The van der Waals surface area contributed by atoms with Crippen molar-refractivity contribution in [3.05, 3.63) is 29.8 Å². The summed E-state index contributed by atoms with van der Waals surface area (Å²) in [6.07, 6.45) is 0. The number of carbonyl (C=O) groups excluding carboxylic acids is 2. The molecule has 1 rings (SSSR count). The Morgan fingerprint density at radius 3 is 2.15 bits per heavy atom. The Morgan fingerprint density at radius 2 is 1.77 bits per heavy atom. The highest BCUT2D eigenvalue weighted by molar-refractivity contribution is 6.62. The molecule has 1 aromatic carbocycles. The molecule has 0 bridgehead atoms. The summed E-state index contributed by atoms with van der Waals surface area (Å²) in [6.45, 7) is 1.31. The molecule has 64 valence electrons. The van der Waals surface area contributed by atoms with E-state index in [1.807, 2.05) is 0 Å². The topological polar surface area (TPSA) is 43.4 Å². The minimum Gasteiger partial charge on any atom is -0.427 e. The number of rotatable bonds is 2. The highest BCUT2D eigenvalue weighted by Crippen LogP contribution is 2.11. The Bertz CT molecular complexity index is 329. The van der Waals surface area contributed by atoms with Crippen molar-refractivity contribution in [1.29, 1.82) is 0 Å². The molecule has 0 spiro atoms. The van der Waals surface area contributed by atoms with Gasteiger partial charge in [0, 0.05) is 12.5 Å². The van der Waals surface area contributed by atoms with E-state index in [0.717, 1.165) is 0 Å². The van der Waals surface area contributed by atoms with Crippen LogP contribution in [-0.4, -0.2) is 19.5 Å². The normalized spacial score (nSPS) is 9.31. The van der Waals surface area contributed by atoms with E-state index in [0.29, 0.717) is 11.3 Å². The van der Waals surface area contributed by atoms with Gasteiger partial charge in [0.25, 0.3) is 0 Å². The van der Waals surface area contributed by atoms with Crippen LogP contribution in [0.1, 0.15) is 17.3 Å². The van der Waals surface area contributed by atoms with Crippen LogP contribution in [0, 0.1) is 0 Å². The Labute approximate surface area is 77.1 Å². The van der Waals surface area contributed by atoms with E-state index in [-0.39, 0.29) is 0 Å². The minimum atomic E-state index is -0.505. The zero-order valence-electron chi connectivity index (χ0n) is 7.11. The number of ether oxygens (including phenoxy) is 1. The second kappa shape index (κ2) is 3.89. The maximum absolute atomic E-state index is 10.6. The van der Waals surface area contributed by atoms with Crippen molar-refractivity contribution in [2.75, 3.05) is 0 Å². The van der Waals surface area contributed by atoms with Gasteiger partial charge in [0.2, 0.25) is 0 Å². The fourth-order valence-electron chi connectivity index (χ4n) is 0.853. The van der Waals surface area contributed by atoms with E-state index in [1.165, 1.54) is 31.2 Å². The predicted octanol–water partition coefficient (Wildman–Crippen LogP) is 0.921. The van der Waals surface area contributed by atoms with Crippen molar-refractivity contribution in [2.45, 2.75) is 6.92 Å². The minimum absolute atomic E-state index is 0.385. The average Bonchev–Trinajstić information content (AvgIpc) is 2.04. The summed E-state index contributed by atoms with van der Waals surface area (Å²) in [5.41, 5.74) is -0.120. The van der Waals surface area contributed by atoms with E-state index < -0.39 is 11.7 Å². The van der Waals surface area contributed by atoms with Crippen LogP contribution in [0.15, 0.2) is 24.3 Å². The van der Waals surface area contributed by atoms with E-state index in [4.69, 9.17) is 12.6 Å². The second-order valence-electron chi connectivity index (χ2n) is 2.48. The summed E-state index contributed by atoms with van der Waals surface area (Å²) >= 11 is 0. The largest absolute Gasteiger partial charge is 0.427 e. The van der Waals surface area contributed by atoms with Crippen molar-refractivity contribution in [3.63, 3.8) is 0 Å². The number of hydrogen-bond acceptors (Lipinski definition) is 3. The van der Waals surface area contributed by atoms with Crippen LogP contribution < -0.4 is 4.74 Å². The summed E-state index contributed by atoms with van der Waals surface area (Å²) < 4.78 is 4.76. The average molecular weight is 174 g/mol. The zero-order valence-corrected chi connectivity index (χ0v) is 7.11. The van der Waals surface area contributed by atoms with Gasteiger partial charge in [-0.25, -0.2) is 0 Å². The van der Waals surface area contributed by atoms with E-state index >= 15 is 0 Å². The zero-order chi connectivity index (χ0) is 9.84. The molecule has 0 saturated carbocycles. The van der Waals surface area contributed by atoms with Crippen LogP contribution in [0.2, 0.25) is 0 Å². The van der Waals surface area contributed by atoms with Crippen LogP contribution in [0.4, 0.5) is 0 Å². The summed E-state index contributed by atoms with van der Waals surface area (Å²) in [6, 6.07) is 6.03. The Hall–Kier alpha value is -1.58. The molecule has 0 saturated heterocycles. The molecule has 0 amide bonds. The van der Waals surface area contributed by atoms with Crippen LogP contribution >= 0.6 is 0 Å². The first-order chi connectivity index (χ1) is 6.09. The van der Waals surface area contributed by atoms with Gasteiger partial charge in [0.1, 0.15) is 11.4 Å². The van der Waals surface area contributed by atoms with Gasteiger partial charge in [-0.05, 0) is 24.3 Å². The molecule has 0 atom stereocenters. The van der Waals surface area contributed by atoms with E-state index in [2.05, 4.69) is 0 Å². The lowest BCUT2D eigenvalue weighted by Crippen LogP contribution is -2.02. The van der Waals surface area contributed by atoms with Crippen molar-refractivity contribution in [3.8, 4) is 5.75 Å². The van der Waals surface area contributed by atoms with Crippen molar-refractivity contribution in [1.82, 2.24) is 0 Å². The van der Waals surface area contributed by atoms with E-state index in [9.17, 15) is 9.59 Å². The molecule has 0 fully saturated rings. The van der Waals surface area contributed by atoms with Gasteiger partial charge in [-0.15, -0.1) is 0 Å². The first-order valence-corrected chi connectivity index (χ1v) is 3.68. The van der Waals surface area contributed by atoms with Gasteiger partial charge in [0.15, 0.2) is 7.85 Å². The summed E-state index contributed by atoms with van der Waals surface area (Å²) in [7, 11) is 5.02. The first-order valence-electron chi connectivity index (χ1n) is 3.68. The van der Waals surface area contributed by atoms with Gasteiger partial charge in [-0.3, -0.25) is 4.79 Å². The molecule has 0 aliphatic rings. The summed E-state index contributed by atoms with van der Waals surface area (Å²) in [4.78, 5) is 21.2. The summed E-state index contributed by atoms with van der Waals surface area (Å²) in [5, 5.41) is 0. The van der Waals surface area contributed by atoms with Gasteiger partial charge < -0.3 is 9.53 Å². The van der Waals surface area contributed by atoms with Crippen molar-refractivity contribution >= 4 is 19.5 Å². The number of hydrogen-bond donors (Lipinski definition) is 0. The Balaban J connectivity index is 2.81. The molecule has 0 aliphatic heterocycles. The molecule has 0 aromatic heterocycles. The predicted molar refractivity (Wildman–Crippen MR) is 47.8 cm³/mol. The molecular formula is C9H7BO3. The fourth-order valence-corrected chi connectivity index (χ4v) is 0.853. The van der Waals surface area contributed by atoms with Crippen LogP contribution in [0.25, 0.3) is 0 Å². The second-order valence-corrected chi connectivity index (χ2v) is 2.48. The van der Waals surface area contributed by atoms with Crippen LogP contribution in [0.5, 0.6) is 5.75 Å². The quantitative estimate of drug-likeness (QED) is 0.380.